The molecule has 1 N–H and O–H groups in total. The number of anilines is 1. The summed E-state index contributed by atoms with van der Waals surface area (Å²) in [7, 11) is 0. The van der Waals surface area contributed by atoms with E-state index in [0.29, 0.717) is 33.5 Å². The van der Waals surface area contributed by atoms with Crippen LogP contribution in [0.25, 0.3) is 28.7 Å². The Hall–Kier alpha value is -5.24. The smallest absolute Gasteiger partial charge is 0.273 e. The Labute approximate surface area is 235 Å². The highest BCUT2D eigenvalue weighted by atomic mass is 35.5. The highest BCUT2D eigenvalue weighted by Crippen LogP contribution is 2.24. The van der Waals surface area contributed by atoms with Gasteiger partial charge in [-0.1, -0.05) is 29.8 Å². The summed E-state index contributed by atoms with van der Waals surface area (Å²) >= 11 is 6.90. The van der Waals surface area contributed by atoms with Crippen molar-refractivity contribution in [3.05, 3.63) is 131 Å². The molecule has 2 aromatic heterocycles. The molecule has 40 heavy (non-hydrogen) atoms. The van der Waals surface area contributed by atoms with E-state index in [9.17, 15) is 25.0 Å². The van der Waals surface area contributed by atoms with Gasteiger partial charge in [0.05, 0.1) is 15.1 Å². The van der Waals surface area contributed by atoms with Crippen LogP contribution in [-0.2, 0) is 4.79 Å². The molecule has 0 radical (unpaired) electrons. The molecule has 3 aromatic carbocycles. The molecule has 5 rings (SSSR count). The minimum atomic E-state index is -0.680. The Bertz CT molecular complexity index is 1950. The van der Waals surface area contributed by atoms with Gasteiger partial charge >= 0.3 is 0 Å². The quantitative estimate of drug-likeness (QED) is 0.230. The number of nitriles is 1. The summed E-state index contributed by atoms with van der Waals surface area (Å²) in [5.41, 5.74) is 0.820. The zero-order chi connectivity index (χ0) is 28.2. The molecule has 0 aliphatic rings. The fraction of sp³-hybridized carbons (Fsp3) is 0. The van der Waals surface area contributed by atoms with Crippen LogP contribution < -0.4 is 20.1 Å². The summed E-state index contributed by atoms with van der Waals surface area (Å²) in [6.07, 6.45) is 1.52. The summed E-state index contributed by atoms with van der Waals surface area (Å²) in [5, 5.41) is 24.1. The number of hydrogen-bond acceptors (Lipinski definition) is 7. The first kappa shape index (κ1) is 26.4. The monoisotopic (exact) mass is 568 g/mol. The summed E-state index contributed by atoms with van der Waals surface area (Å²) in [4.78, 5) is 37.2. The Morgan fingerprint density at radius 1 is 1.02 bits per heavy atom. The second-order valence-electron chi connectivity index (χ2n) is 8.35. The van der Waals surface area contributed by atoms with Crippen LogP contribution in [0.15, 0.2) is 100 Å². The van der Waals surface area contributed by atoms with E-state index < -0.39 is 16.4 Å². The van der Waals surface area contributed by atoms with Crippen molar-refractivity contribution in [2.24, 2.45) is 0 Å². The van der Waals surface area contributed by atoms with Crippen LogP contribution in [0.2, 0.25) is 5.02 Å². The first-order valence-electron chi connectivity index (χ1n) is 11.7. The van der Waals surface area contributed by atoms with Gasteiger partial charge in [-0.3, -0.25) is 24.3 Å². The van der Waals surface area contributed by atoms with Gasteiger partial charge in [0.25, 0.3) is 17.2 Å². The maximum atomic E-state index is 13.6. The Morgan fingerprint density at radius 3 is 2.38 bits per heavy atom. The molecule has 0 spiro atoms. The average molecular weight is 569 g/mol. The van der Waals surface area contributed by atoms with Gasteiger partial charge in [-0.15, -0.1) is 11.3 Å². The number of rotatable bonds is 6. The van der Waals surface area contributed by atoms with Crippen molar-refractivity contribution in [2.45, 2.75) is 0 Å². The molecule has 5 aromatic rings. The molecule has 196 valence electrons. The van der Waals surface area contributed by atoms with Crippen LogP contribution in [0.5, 0.6) is 0 Å². The van der Waals surface area contributed by atoms with E-state index in [1.165, 1.54) is 22.8 Å². The average Bonchev–Trinajstić information content (AvgIpc) is 3.55. The van der Waals surface area contributed by atoms with Crippen molar-refractivity contribution in [1.82, 2.24) is 4.57 Å². The summed E-state index contributed by atoms with van der Waals surface area (Å²) in [5.74, 6) is 0.122. The number of aromatic nitrogens is 1. The highest BCUT2D eigenvalue weighted by Gasteiger charge is 2.18. The summed E-state index contributed by atoms with van der Waals surface area (Å²) < 4.78 is 7.58. The number of nitro groups is 1. The molecule has 1 amide bonds. The zero-order valence-electron chi connectivity index (χ0n) is 20.4. The summed E-state index contributed by atoms with van der Waals surface area (Å²) in [6.45, 7) is 0. The molecule has 0 aliphatic heterocycles. The van der Waals surface area contributed by atoms with Crippen LogP contribution in [0.1, 0.15) is 5.76 Å². The molecule has 0 bridgehead atoms. The molecular formula is C29H17ClN4O5S. The number of nitrogens with one attached hydrogen (secondary N) is 1. The van der Waals surface area contributed by atoms with Gasteiger partial charge in [-0.2, -0.15) is 5.26 Å². The van der Waals surface area contributed by atoms with Crippen molar-refractivity contribution in [2.75, 3.05) is 5.32 Å². The number of nitrogens with zero attached hydrogens (tertiary/aromatic N) is 3. The fourth-order valence-electron chi connectivity index (χ4n) is 3.85. The van der Waals surface area contributed by atoms with Gasteiger partial charge in [-0.05, 0) is 60.7 Å². The van der Waals surface area contributed by atoms with Crippen molar-refractivity contribution in [1.29, 1.82) is 5.26 Å². The normalized spacial score (nSPS) is 12.1. The molecule has 0 aliphatic carbocycles. The number of thiazole rings is 1. The molecule has 0 saturated carbocycles. The lowest BCUT2D eigenvalue weighted by Crippen LogP contribution is -2.32. The SMILES string of the molecule is N#CC(C(=O)Nc1ccc(Cl)cc1)=c1sc(=Cc2ccc(-c3ccc([N+](=O)[O-])cc3)o2)c(=O)n1-c1ccccc1. The van der Waals surface area contributed by atoms with Crippen LogP contribution in [0.4, 0.5) is 11.4 Å². The van der Waals surface area contributed by atoms with Crippen LogP contribution in [0.3, 0.4) is 0 Å². The van der Waals surface area contributed by atoms with E-state index in [1.807, 2.05) is 6.07 Å². The third kappa shape index (κ3) is 5.47. The van der Waals surface area contributed by atoms with E-state index in [1.54, 1.807) is 78.9 Å². The van der Waals surface area contributed by atoms with E-state index >= 15 is 0 Å². The standard InChI is InChI=1S/C29H17ClN4O5S/c30-19-8-10-20(11-9-19)32-27(35)24(17-31)29-33(21-4-2-1-3-5-21)28(36)26(40-29)16-23-14-15-25(39-23)18-6-12-22(13-7-18)34(37)38/h1-16H,(H,32,35). The third-order valence-corrected chi connectivity index (χ3v) is 7.10. The molecular weight excluding hydrogens is 552 g/mol. The van der Waals surface area contributed by atoms with E-state index in [2.05, 4.69) is 5.32 Å². The van der Waals surface area contributed by atoms with Gasteiger partial charge in [-0.25, -0.2) is 0 Å². The van der Waals surface area contributed by atoms with E-state index in [-0.39, 0.29) is 20.5 Å². The lowest BCUT2D eigenvalue weighted by Gasteiger charge is -2.06. The molecule has 0 unspecified atom stereocenters. The molecule has 0 atom stereocenters. The number of carbonyl (C=O) groups is 1. The van der Waals surface area contributed by atoms with Crippen molar-refractivity contribution < 1.29 is 14.1 Å². The van der Waals surface area contributed by atoms with Crippen LogP contribution in [-0.4, -0.2) is 15.4 Å². The van der Waals surface area contributed by atoms with E-state index in [4.69, 9.17) is 16.0 Å². The maximum Gasteiger partial charge on any atom is 0.273 e. The Balaban J connectivity index is 1.61. The van der Waals surface area contributed by atoms with Gasteiger partial charge in [0, 0.05) is 34.5 Å². The number of benzene rings is 3. The maximum absolute atomic E-state index is 13.6. The van der Waals surface area contributed by atoms with Gasteiger partial charge in [0.1, 0.15) is 22.3 Å². The minimum absolute atomic E-state index is 0.0423. The minimum Gasteiger partial charge on any atom is -0.457 e. The Morgan fingerprint density at radius 2 is 1.73 bits per heavy atom. The number of para-hydroxylation sites is 1. The summed E-state index contributed by atoms with van der Waals surface area (Å²) in [6, 6.07) is 26.3. The Kier molecular flexibility index (Phi) is 7.41. The van der Waals surface area contributed by atoms with Crippen molar-refractivity contribution in [3.63, 3.8) is 0 Å². The number of non-ortho nitro benzene ring substituents is 1. The molecule has 11 heteroatoms. The number of hydrogen-bond donors (Lipinski definition) is 1. The van der Waals surface area contributed by atoms with Crippen molar-refractivity contribution >= 4 is 51.9 Å². The molecule has 9 nitrogen and oxygen atoms in total. The number of amides is 1. The van der Waals surface area contributed by atoms with E-state index in [0.717, 1.165) is 11.3 Å². The van der Waals surface area contributed by atoms with Gasteiger partial charge < -0.3 is 9.73 Å². The lowest BCUT2D eigenvalue weighted by atomic mass is 10.1. The first-order chi connectivity index (χ1) is 19.3. The highest BCUT2D eigenvalue weighted by molar-refractivity contribution is 7.07. The van der Waals surface area contributed by atoms with Gasteiger partial charge in [0.2, 0.25) is 0 Å². The lowest BCUT2D eigenvalue weighted by molar-refractivity contribution is -0.384. The van der Waals surface area contributed by atoms with Gasteiger partial charge in [0.15, 0.2) is 5.57 Å². The van der Waals surface area contributed by atoms with Crippen LogP contribution in [0, 0.1) is 21.4 Å². The molecule has 2 heterocycles. The molecule has 0 fully saturated rings. The predicted molar refractivity (Wildman–Crippen MR) is 153 cm³/mol. The van der Waals surface area contributed by atoms with Crippen LogP contribution >= 0.6 is 22.9 Å². The number of carbonyl (C=O) groups excluding carboxylic acids is 1. The topological polar surface area (TPSA) is 131 Å². The third-order valence-electron chi connectivity index (χ3n) is 5.76. The van der Waals surface area contributed by atoms with Crippen molar-refractivity contribution in [3.8, 4) is 23.1 Å². The number of furan rings is 1. The first-order valence-corrected chi connectivity index (χ1v) is 12.9. The number of halogens is 1. The second-order valence-corrected chi connectivity index (χ2v) is 9.81. The zero-order valence-corrected chi connectivity index (χ0v) is 22.0. The largest absolute Gasteiger partial charge is 0.457 e. The fourth-order valence-corrected chi connectivity index (χ4v) is 5.05. The number of nitro benzene ring substituents is 1. The predicted octanol–water partition coefficient (Wildman–Crippen LogP) is 4.86. The second kappa shape index (κ2) is 11.2. The molecule has 0 saturated heterocycles.